The van der Waals surface area contributed by atoms with Gasteiger partial charge in [-0.1, -0.05) is 39.7 Å². The molecule has 0 spiro atoms. The van der Waals surface area contributed by atoms with Crippen LogP contribution in [0.1, 0.15) is 5.56 Å². The van der Waals surface area contributed by atoms with Crippen molar-refractivity contribution >= 4 is 33.5 Å². The van der Waals surface area contributed by atoms with Crippen LogP contribution in [0.4, 0.5) is 13.2 Å². The molecule has 0 aromatic heterocycles. The summed E-state index contributed by atoms with van der Waals surface area (Å²) in [5, 5.41) is 11.0. The summed E-state index contributed by atoms with van der Waals surface area (Å²) in [6.45, 7) is 2.24. The van der Waals surface area contributed by atoms with Crippen LogP contribution in [0.5, 0.6) is 11.5 Å². The van der Waals surface area contributed by atoms with E-state index in [-0.39, 0.29) is 6.10 Å². The summed E-state index contributed by atoms with van der Waals surface area (Å²) in [6, 6.07) is 13.4. The number of aliphatic carboxylic acids is 1. The number of hydrogen-bond acceptors (Lipinski definition) is 4. The molecular weight excluding hydrogens is 467 g/mol. The van der Waals surface area contributed by atoms with E-state index in [1.54, 1.807) is 0 Å². The predicted molar refractivity (Wildman–Crippen MR) is 101 cm³/mol. The number of ether oxygens (including phenoxy) is 2. The maximum Gasteiger partial charge on any atom is 0.490 e. The Morgan fingerprint density at radius 1 is 1.18 bits per heavy atom. The third-order valence-electron chi connectivity index (χ3n) is 3.49. The van der Waals surface area contributed by atoms with Gasteiger partial charge in [0.1, 0.15) is 12.7 Å². The van der Waals surface area contributed by atoms with Crippen LogP contribution in [-0.2, 0) is 11.4 Å². The second-order valence-electron chi connectivity index (χ2n) is 5.71. The second-order valence-corrected chi connectivity index (χ2v) is 7.06. The van der Waals surface area contributed by atoms with E-state index in [2.05, 4.69) is 21.2 Å². The lowest BCUT2D eigenvalue weighted by atomic mass is 10.2. The summed E-state index contributed by atoms with van der Waals surface area (Å²) >= 11 is 9.34. The van der Waals surface area contributed by atoms with E-state index in [1.165, 1.54) is 0 Å². The second kappa shape index (κ2) is 9.99. The molecule has 1 fully saturated rings. The Morgan fingerprint density at radius 3 is 2.29 bits per heavy atom. The van der Waals surface area contributed by atoms with Crippen molar-refractivity contribution < 1.29 is 32.5 Å². The fourth-order valence-electron chi connectivity index (χ4n) is 1.96. The molecule has 0 atom stereocenters. The van der Waals surface area contributed by atoms with Crippen molar-refractivity contribution in [2.24, 2.45) is 0 Å². The first kappa shape index (κ1) is 22.3. The van der Waals surface area contributed by atoms with Gasteiger partial charge in [0.2, 0.25) is 0 Å². The highest BCUT2D eigenvalue weighted by molar-refractivity contribution is 9.10. The van der Waals surface area contributed by atoms with Crippen LogP contribution < -0.4 is 14.8 Å². The predicted octanol–water partition coefficient (Wildman–Crippen LogP) is 4.67. The van der Waals surface area contributed by atoms with E-state index in [1.807, 2.05) is 42.5 Å². The molecular formula is C18H16BrClF3NO4. The summed E-state index contributed by atoms with van der Waals surface area (Å²) in [5.41, 5.74) is 1.07. The molecule has 0 saturated carbocycles. The topological polar surface area (TPSA) is 67.8 Å². The van der Waals surface area contributed by atoms with Gasteiger partial charge >= 0.3 is 12.1 Å². The Bertz CT molecular complexity index is 798. The fourth-order valence-corrected chi connectivity index (χ4v) is 2.43. The van der Waals surface area contributed by atoms with Gasteiger partial charge in [-0.2, -0.15) is 13.2 Å². The van der Waals surface area contributed by atoms with Gasteiger partial charge < -0.3 is 19.9 Å². The van der Waals surface area contributed by atoms with Crippen LogP contribution >= 0.6 is 27.5 Å². The quantitative estimate of drug-likeness (QED) is 0.649. The molecule has 2 aromatic carbocycles. The van der Waals surface area contributed by atoms with Crippen molar-refractivity contribution in [1.82, 2.24) is 5.32 Å². The first-order chi connectivity index (χ1) is 13.1. The maximum atomic E-state index is 10.6. The van der Waals surface area contributed by atoms with Gasteiger partial charge in [0, 0.05) is 22.6 Å². The minimum Gasteiger partial charge on any atom is -0.485 e. The van der Waals surface area contributed by atoms with E-state index < -0.39 is 12.1 Å². The lowest BCUT2D eigenvalue weighted by molar-refractivity contribution is -0.192. The Labute approximate surface area is 172 Å². The standard InChI is InChI=1S/C16H15BrClNO2.C2HF3O2/c17-12-3-6-15(16(7-12)21-14-8-19-9-14)20-10-11-1-4-13(18)5-2-11;3-2(4,5)1(6)7/h1-7,14,19H,8-10H2;(H,6,7). The third-order valence-corrected chi connectivity index (χ3v) is 4.24. The number of carboxylic acids is 1. The first-order valence-corrected chi connectivity index (χ1v) is 9.16. The van der Waals surface area contributed by atoms with Crippen LogP contribution in [0, 0.1) is 0 Å². The molecule has 0 radical (unpaired) electrons. The zero-order valence-electron chi connectivity index (χ0n) is 14.3. The van der Waals surface area contributed by atoms with E-state index >= 15 is 0 Å². The zero-order valence-corrected chi connectivity index (χ0v) is 16.6. The number of alkyl halides is 3. The molecule has 0 aliphatic carbocycles. The fraction of sp³-hybridized carbons (Fsp3) is 0.278. The smallest absolute Gasteiger partial charge is 0.485 e. The number of hydrogen-bond donors (Lipinski definition) is 2. The van der Waals surface area contributed by atoms with Crippen LogP contribution in [0.3, 0.4) is 0 Å². The van der Waals surface area contributed by atoms with Crippen LogP contribution in [0.15, 0.2) is 46.9 Å². The highest BCUT2D eigenvalue weighted by Gasteiger charge is 2.38. The molecule has 0 unspecified atom stereocenters. The summed E-state index contributed by atoms with van der Waals surface area (Å²) in [5.74, 6) is -1.24. The first-order valence-electron chi connectivity index (χ1n) is 7.99. The molecule has 10 heteroatoms. The third kappa shape index (κ3) is 7.21. The van der Waals surface area contributed by atoms with E-state index in [9.17, 15) is 13.2 Å². The minimum atomic E-state index is -5.08. The molecule has 1 aliphatic rings. The Hall–Kier alpha value is -1.97. The molecule has 0 bridgehead atoms. The molecule has 1 saturated heterocycles. The number of nitrogens with one attached hydrogen (secondary N) is 1. The lowest BCUT2D eigenvalue weighted by Gasteiger charge is -2.28. The van der Waals surface area contributed by atoms with E-state index in [4.69, 9.17) is 31.0 Å². The maximum absolute atomic E-state index is 10.6. The van der Waals surface area contributed by atoms with Gasteiger partial charge in [0.15, 0.2) is 11.5 Å². The number of carboxylic acid groups (broad SMARTS) is 1. The summed E-state index contributed by atoms with van der Waals surface area (Å²) in [4.78, 5) is 8.90. The van der Waals surface area contributed by atoms with Crippen molar-refractivity contribution in [3.63, 3.8) is 0 Å². The molecule has 28 heavy (non-hydrogen) atoms. The normalized spacial score (nSPS) is 13.8. The lowest BCUT2D eigenvalue weighted by Crippen LogP contribution is -2.50. The Kier molecular flexibility index (Phi) is 7.97. The average Bonchev–Trinajstić information content (AvgIpc) is 2.58. The summed E-state index contributed by atoms with van der Waals surface area (Å²) in [7, 11) is 0. The van der Waals surface area contributed by atoms with Crippen LogP contribution in [0.25, 0.3) is 0 Å². The van der Waals surface area contributed by atoms with Crippen molar-refractivity contribution in [2.45, 2.75) is 18.9 Å². The van der Waals surface area contributed by atoms with Gasteiger partial charge in [-0.3, -0.25) is 0 Å². The van der Waals surface area contributed by atoms with E-state index in [0.717, 1.165) is 39.6 Å². The van der Waals surface area contributed by atoms with Crippen molar-refractivity contribution in [3.8, 4) is 11.5 Å². The van der Waals surface area contributed by atoms with Crippen LogP contribution in [-0.4, -0.2) is 36.4 Å². The average molecular weight is 483 g/mol. The highest BCUT2D eigenvalue weighted by Crippen LogP contribution is 2.32. The summed E-state index contributed by atoms with van der Waals surface area (Å²) < 4.78 is 44.5. The Balaban J connectivity index is 0.000000345. The van der Waals surface area contributed by atoms with Gasteiger partial charge in [-0.05, 0) is 35.9 Å². The van der Waals surface area contributed by atoms with Gasteiger partial charge in [-0.25, -0.2) is 4.79 Å². The molecule has 5 nitrogen and oxygen atoms in total. The van der Waals surface area contributed by atoms with Crippen molar-refractivity contribution in [3.05, 3.63) is 57.5 Å². The van der Waals surface area contributed by atoms with Gasteiger partial charge in [-0.15, -0.1) is 0 Å². The highest BCUT2D eigenvalue weighted by atomic mass is 79.9. The van der Waals surface area contributed by atoms with E-state index in [0.29, 0.717) is 6.61 Å². The zero-order chi connectivity index (χ0) is 20.7. The molecule has 3 rings (SSSR count). The number of halogens is 5. The molecule has 1 heterocycles. The molecule has 152 valence electrons. The number of rotatable bonds is 5. The van der Waals surface area contributed by atoms with Crippen molar-refractivity contribution in [2.75, 3.05) is 13.1 Å². The summed E-state index contributed by atoms with van der Waals surface area (Å²) in [6.07, 6.45) is -4.86. The van der Waals surface area contributed by atoms with Gasteiger partial charge in [0.25, 0.3) is 0 Å². The Morgan fingerprint density at radius 2 is 1.79 bits per heavy atom. The minimum absolute atomic E-state index is 0.220. The largest absolute Gasteiger partial charge is 0.490 e. The van der Waals surface area contributed by atoms with Gasteiger partial charge in [0.05, 0.1) is 0 Å². The molecule has 1 aliphatic heterocycles. The monoisotopic (exact) mass is 481 g/mol. The molecule has 2 aromatic rings. The van der Waals surface area contributed by atoms with Crippen LogP contribution in [0.2, 0.25) is 5.02 Å². The molecule has 0 amide bonds. The number of carbonyl (C=O) groups is 1. The number of benzene rings is 2. The molecule has 2 N–H and O–H groups in total. The van der Waals surface area contributed by atoms with Crippen molar-refractivity contribution in [1.29, 1.82) is 0 Å². The SMILES string of the molecule is Clc1ccc(COc2ccc(Br)cc2OC2CNC2)cc1.O=C(O)C(F)(F)F.